The number of amides is 1. The number of carbonyl (C=O) groups is 1. The largest absolute Gasteiger partial charge is 0.422 e. The van der Waals surface area contributed by atoms with E-state index in [9.17, 15) is 9.59 Å². The van der Waals surface area contributed by atoms with Gasteiger partial charge in [0, 0.05) is 25.0 Å². The molecule has 148 valence electrons. The molecule has 0 spiro atoms. The number of hydrogen-bond donors (Lipinski definition) is 1. The molecule has 8 heteroatoms. The number of fused-ring (bicyclic) bond motifs is 3. The molecule has 1 aliphatic rings. The van der Waals surface area contributed by atoms with Gasteiger partial charge in [0.05, 0.1) is 24.9 Å². The van der Waals surface area contributed by atoms with E-state index in [1.54, 1.807) is 10.7 Å². The summed E-state index contributed by atoms with van der Waals surface area (Å²) in [7, 11) is 0. The minimum absolute atomic E-state index is 0.0630. The lowest BCUT2D eigenvalue weighted by Crippen LogP contribution is -2.38. The first kappa shape index (κ1) is 18.6. The van der Waals surface area contributed by atoms with Crippen molar-refractivity contribution in [1.29, 1.82) is 0 Å². The minimum atomic E-state index is -0.441. The van der Waals surface area contributed by atoms with Gasteiger partial charge in [0.1, 0.15) is 17.5 Å². The van der Waals surface area contributed by atoms with Gasteiger partial charge in [0.25, 0.3) is 0 Å². The van der Waals surface area contributed by atoms with Crippen molar-refractivity contribution in [2.45, 2.75) is 19.9 Å². The average molecular weight is 384 g/mol. The normalized spacial score (nSPS) is 15.3. The molecule has 0 radical (unpaired) electrons. The molecular formula is C20H24N4O4. The maximum absolute atomic E-state index is 12.4. The lowest BCUT2D eigenvalue weighted by Gasteiger charge is -2.26. The Bertz CT molecular complexity index is 1050. The lowest BCUT2D eigenvalue weighted by molar-refractivity contribution is -0.121. The van der Waals surface area contributed by atoms with Crippen molar-refractivity contribution in [3.05, 3.63) is 40.4 Å². The van der Waals surface area contributed by atoms with Gasteiger partial charge in [-0.1, -0.05) is 11.6 Å². The summed E-state index contributed by atoms with van der Waals surface area (Å²) in [6.45, 7) is 7.04. The Morgan fingerprint density at radius 3 is 2.89 bits per heavy atom. The molecule has 4 rings (SSSR count). The maximum atomic E-state index is 12.4. The van der Waals surface area contributed by atoms with Crippen molar-refractivity contribution in [1.82, 2.24) is 20.0 Å². The molecule has 0 unspecified atom stereocenters. The first-order chi connectivity index (χ1) is 13.6. The zero-order valence-corrected chi connectivity index (χ0v) is 15.9. The molecule has 1 fully saturated rings. The molecule has 0 saturated carbocycles. The molecule has 28 heavy (non-hydrogen) atoms. The Balaban J connectivity index is 1.44. The molecule has 8 nitrogen and oxygen atoms in total. The van der Waals surface area contributed by atoms with Gasteiger partial charge in [-0.15, -0.1) is 0 Å². The van der Waals surface area contributed by atoms with E-state index in [1.165, 1.54) is 6.20 Å². The molecule has 0 aliphatic carbocycles. The van der Waals surface area contributed by atoms with Crippen LogP contribution in [0.5, 0.6) is 0 Å². The van der Waals surface area contributed by atoms with E-state index < -0.39 is 5.63 Å². The number of ether oxygens (including phenoxy) is 1. The molecule has 1 amide bonds. The Morgan fingerprint density at radius 1 is 1.25 bits per heavy atom. The van der Waals surface area contributed by atoms with E-state index in [-0.39, 0.29) is 12.5 Å². The predicted octanol–water partition coefficient (Wildman–Crippen LogP) is 1.29. The Labute approximate surface area is 162 Å². The minimum Gasteiger partial charge on any atom is -0.422 e. The zero-order valence-electron chi connectivity index (χ0n) is 15.9. The standard InChI is InChI=1S/C20H24N4O4/c1-14-3-4-17-15(11-14)19-16(20(26)28-17)12-22-24(19)13-18(25)21-5-2-6-23-7-9-27-10-8-23/h3-4,11-12H,2,5-10,13H2,1H3,(H,21,25). The van der Waals surface area contributed by atoms with Crippen LogP contribution in [0, 0.1) is 6.92 Å². The third-order valence-electron chi connectivity index (χ3n) is 5.02. The summed E-state index contributed by atoms with van der Waals surface area (Å²) >= 11 is 0. The van der Waals surface area contributed by atoms with Crippen molar-refractivity contribution in [3.8, 4) is 0 Å². The van der Waals surface area contributed by atoms with E-state index in [0.717, 1.165) is 50.2 Å². The van der Waals surface area contributed by atoms with Gasteiger partial charge < -0.3 is 14.5 Å². The summed E-state index contributed by atoms with van der Waals surface area (Å²) < 4.78 is 12.3. The Morgan fingerprint density at radius 2 is 2.07 bits per heavy atom. The molecule has 0 bridgehead atoms. The summed E-state index contributed by atoms with van der Waals surface area (Å²) in [4.78, 5) is 26.9. The van der Waals surface area contributed by atoms with Crippen LogP contribution in [-0.2, 0) is 16.1 Å². The topological polar surface area (TPSA) is 89.6 Å². The molecule has 3 heterocycles. The van der Waals surface area contributed by atoms with E-state index >= 15 is 0 Å². The second-order valence-corrected chi connectivity index (χ2v) is 7.11. The van der Waals surface area contributed by atoms with Gasteiger partial charge in [-0.2, -0.15) is 5.10 Å². The number of nitrogens with zero attached hydrogens (tertiary/aromatic N) is 3. The van der Waals surface area contributed by atoms with Crippen LogP contribution in [0.4, 0.5) is 0 Å². The van der Waals surface area contributed by atoms with Crippen molar-refractivity contribution >= 4 is 27.8 Å². The van der Waals surface area contributed by atoms with Gasteiger partial charge in [-0.05, 0) is 32.0 Å². The summed E-state index contributed by atoms with van der Waals surface area (Å²) in [6, 6.07) is 5.60. The molecule has 2 aromatic heterocycles. The number of rotatable bonds is 6. The van der Waals surface area contributed by atoms with Crippen LogP contribution in [0.2, 0.25) is 0 Å². The van der Waals surface area contributed by atoms with E-state index in [0.29, 0.717) is 23.0 Å². The van der Waals surface area contributed by atoms with Gasteiger partial charge >= 0.3 is 5.63 Å². The zero-order chi connectivity index (χ0) is 19.5. The number of benzene rings is 1. The van der Waals surface area contributed by atoms with Gasteiger partial charge in [0.15, 0.2) is 0 Å². The summed E-state index contributed by atoms with van der Waals surface area (Å²) in [5.74, 6) is -0.124. The third-order valence-corrected chi connectivity index (χ3v) is 5.02. The van der Waals surface area contributed by atoms with E-state index in [2.05, 4.69) is 15.3 Å². The van der Waals surface area contributed by atoms with Gasteiger partial charge in [-0.25, -0.2) is 4.79 Å². The van der Waals surface area contributed by atoms with Crippen LogP contribution in [0.15, 0.2) is 33.6 Å². The van der Waals surface area contributed by atoms with Gasteiger partial charge in [0.2, 0.25) is 5.91 Å². The van der Waals surface area contributed by atoms with Crippen LogP contribution in [0.1, 0.15) is 12.0 Å². The second kappa shape index (κ2) is 8.12. The summed E-state index contributed by atoms with van der Waals surface area (Å²) in [5, 5.41) is 8.36. The summed E-state index contributed by atoms with van der Waals surface area (Å²) in [6.07, 6.45) is 2.35. The van der Waals surface area contributed by atoms with Gasteiger partial charge in [-0.3, -0.25) is 14.4 Å². The van der Waals surface area contributed by atoms with Crippen molar-refractivity contribution in [2.75, 3.05) is 39.4 Å². The highest BCUT2D eigenvalue weighted by atomic mass is 16.5. The molecule has 1 saturated heterocycles. The van der Waals surface area contributed by atoms with Crippen LogP contribution >= 0.6 is 0 Å². The van der Waals surface area contributed by atoms with Crippen LogP contribution in [-0.4, -0.2) is 60.0 Å². The van der Waals surface area contributed by atoms with Crippen molar-refractivity contribution < 1.29 is 13.9 Å². The highest BCUT2D eigenvalue weighted by Gasteiger charge is 2.15. The lowest BCUT2D eigenvalue weighted by atomic mass is 10.1. The fourth-order valence-corrected chi connectivity index (χ4v) is 3.56. The number of aryl methyl sites for hydroxylation is 1. The first-order valence-electron chi connectivity index (χ1n) is 9.57. The maximum Gasteiger partial charge on any atom is 0.347 e. The number of morpholine rings is 1. The summed E-state index contributed by atoms with van der Waals surface area (Å²) in [5.41, 5.74) is 1.74. The van der Waals surface area contributed by atoms with E-state index in [4.69, 9.17) is 9.15 Å². The molecule has 1 aliphatic heterocycles. The number of nitrogens with one attached hydrogen (secondary N) is 1. The van der Waals surface area contributed by atoms with Crippen LogP contribution < -0.4 is 10.9 Å². The fourth-order valence-electron chi connectivity index (χ4n) is 3.56. The molecule has 1 aromatic carbocycles. The van der Waals surface area contributed by atoms with Crippen molar-refractivity contribution in [2.24, 2.45) is 0 Å². The van der Waals surface area contributed by atoms with E-state index in [1.807, 2.05) is 19.1 Å². The first-order valence-corrected chi connectivity index (χ1v) is 9.57. The Kier molecular flexibility index (Phi) is 5.40. The van der Waals surface area contributed by atoms with Crippen molar-refractivity contribution in [3.63, 3.8) is 0 Å². The predicted molar refractivity (Wildman–Crippen MR) is 105 cm³/mol. The second-order valence-electron chi connectivity index (χ2n) is 7.11. The molecular weight excluding hydrogens is 360 g/mol. The average Bonchev–Trinajstić information content (AvgIpc) is 3.11. The highest BCUT2D eigenvalue weighted by Crippen LogP contribution is 2.23. The van der Waals surface area contributed by atoms with Crippen LogP contribution in [0.25, 0.3) is 21.9 Å². The molecule has 1 N–H and O–H groups in total. The third kappa shape index (κ3) is 3.93. The molecule has 0 atom stereocenters. The monoisotopic (exact) mass is 384 g/mol. The SMILES string of the molecule is Cc1ccc2oc(=O)c3cnn(CC(=O)NCCCN4CCOCC4)c3c2c1. The number of aromatic nitrogens is 2. The quantitative estimate of drug-likeness (QED) is 0.509. The van der Waals surface area contributed by atoms with Crippen LogP contribution in [0.3, 0.4) is 0 Å². The smallest absolute Gasteiger partial charge is 0.347 e. The highest BCUT2D eigenvalue weighted by molar-refractivity contribution is 6.02. The molecule has 3 aromatic rings. The number of carbonyl (C=O) groups excluding carboxylic acids is 1. The number of hydrogen-bond acceptors (Lipinski definition) is 6. The fraction of sp³-hybridized carbons (Fsp3) is 0.450. The Hall–Kier alpha value is -2.71.